The molecular weight excluding hydrogens is 244 g/mol. The van der Waals surface area contributed by atoms with Crippen molar-refractivity contribution < 1.29 is 18.3 Å². The number of alkyl halides is 2. The predicted octanol–water partition coefficient (Wildman–Crippen LogP) is 1.47. The number of nitrogens with one attached hydrogen (secondary N) is 1. The zero-order valence-corrected chi connectivity index (χ0v) is 9.61. The van der Waals surface area contributed by atoms with Crippen LogP contribution in [0.25, 0.3) is 0 Å². The molecule has 2 aliphatic carbocycles. The molecule has 0 amide bonds. The van der Waals surface area contributed by atoms with Gasteiger partial charge in [0.1, 0.15) is 5.82 Å². The SMILES string of the molecule is COC(=O)c1cncc(NC2CC23CC3(F)F)n1. The molecule has 1 aromatic rings. The molecule has 2 unspecified atom stereocenters. The number of nitrogens with zero attached hydrogens (tertiary/aromatic N) is 2. The standard InChI is InChI=1S/C11H11F2N3O2/c1-18-9(17)6-3-14-4-8(15-6)16-7-2-10(7)5-11(10,12)13/h3-4,7H,2,5H2,1H3,(H,15,16). The number of ether oxygens (including phenoxy) is 1. The minimum atomic E-state index is -2.56. The summed E-state index contributed by atoms with van der Waals surface area (Å²) >= 11 is 0. The number of halogens is 2. The lowest BCUT2D eigenvalue weighted by Gasteiger charge is -2.05. The minimum absolute atomic E-state index is 0.0553. The molecule has 3 rings (SSSR count). The van der Waals surface area contributed by atoms with Gasteiger partial charge in [0, 0.05) is 12.5 Å². The Labute approximate surface area is 102 Å². The number of anilines is 1. The van der Waals surface area contributed by atoms with E-state index in [-0.39, 0.29) is 18.2 Å². The molecule has 5 nitrogen and oxygen atoms in total. The number of carbonyl (C=O) groups excluding carboxylic acids is 1. The first-order chi connectivity index (χ1) is 8.48. The van der Waals surface area contributed by atoms with Gasteiger partial charge in [0.25, 0.3) is 5.92 Å². The van der Waals surface area contributed by atoms with E-state index < -0.39 is 17.3 Å². The molecule has 1 N–H and O–H groups in total. The monoisotopic (exact) mass is 255 g/mol. The van der Waals surface area contributed by atoms with Crippen molar-refractivity contribution in [3.05, 3.63) is 18.1 Å². The van der Waals surface area contributed by atoms with Crippen molar-refractivity contribution in [2.75, 3.05) is 12.4 Å². The van der Waals surface area contributed by atoms with Gasteiger partial charge < -0.3 is 10.1 Å². The number of esters is 1. The first-order valence-electron chi connectivity index (χ1n) is 5.53. The van der Waals surface area contributed by atoms with Gasteiger partial charge in [-0.15, -0.1) is 0 Å². The van der Waals surface area contributed by atoms with Crippen LogP contribution in [0.2, 0.25) is 0 Å². The summed E-state index contributed by atoms with van der Waals surface area (Å²) in [5, 5.41) is 2.88. The van der Waals surface area contributed by atoms with Gasteiger partial charge in [0.2, 0.25) is 0 Å². The summed E-state index contributed by atoms with van der Waals surface area (Å²) in [4.78, 5) is 19.0. The molecule has 18 heavy (non-hydrogen) atoms. The lowest BCUT2D eigenvalue weighted by Crippen LogP contribution is -2.12. The molecule has 2 aliphatic rings. The van der Waals surface area contributed by atoms with Crippen LogP contribution in [0.1, 0.15) is 23.3 Å². The third kappa shape index (κ3) is 1.53. The molecular formula is C11H11F2N3O2. The van der Waals surface area contributed by atoms with Gasteiger partial charge in [-0.1, -0.05) is 0 Å². The summed E-state index contributed by atoms with van der Waals surface area (Å²) in [6, 6.07) is -0.283. The first kappa shape index (κ1) is 11.3. The Bertz CT molecular complexity index is 523. The van der Waals surface area contributed by atoms with Crippen molar-refractivity contribution in [2.45, 2.75) is 24.8 Å². The Hall–Kier alpha value is -1.79. The number of aromatic nitrogens is 2. The van der Waals surface area contributed by atoms with Gasteiger partial charge in [-0.05, 0) is 6.42 Å². The topological polar surface area (TPSA) is 64.1 Å². The highest BCUT2D eigenvalue weighted by Crippen LogP contribution is 2.76. The summed E-state index contributed by atoms with van der Waals surface area (Å²) in [6.45, 7) is 0. The van der Waals surface area contributed by atoms with Crippen LogP contribution in [0.15, 0.2) is 12.4 Å². The van der Waals surface area contributed by atoms with Crippen molar-refractivity contribution in [1.82, 2.24) is 9.97 Å². The Kier molecular flexibility index (Phi) is 2.11. The van der Waals surface area contributed by atoms with E-state index in [2.05, 4.69) is 20.0 Å². The second kappa shape index (κ2) is 3.37. The zero-order valence-electron chi connectivity index (χ0n) is 9.61. The molecule has 0 aromatic carbocycles. The van der Waals surface area contributed by atoms with Crippen LogP contribution in [-0.2, 0) is 4.74 Å². The van der Waals surface area contributed by atoms with Crippen LogP contribution in [0, 0.1) is 5.41 Å². The van der Waals surface area contributed by atoms with E-state index in [1.165, 1.54) is 19.5 Å². The third-order valence-corrected chi connectivity index (χ3v) is 3.57. The van der Waals surface area contributed by atoms with Gasteiger partial charge >= 0.3 is 5.97 Å². The van der Waals surface area contributed by atoms with Crippen LogP contribution in [0.5, 0.6) is 0 Å². The fourth-order valence-electron chi connectivity index (χ4n) is 2.26. The van der Waals surface area contributed by atoms with Crippen molar-refractivity contribution in [3.63, 3.8) is 0 Å². The number of carbonyl (C=O) groups is 1. The molecule has 0 saturated heterocycles. The van der Waals surface area contributed by atoms with E-state index in [0.717, 1.165) is 0 Å². The lowest BCUT2D eigenvalue weighted by molar-refractivity contribution is 0.0593. The second-order valence-electron chi connectivity index (χ2n) is 4.72. The molecule has 7 heteroatoms. The Morgan fingerprint density at radius 3 is 2.83 bits per heavy atom. The van der Waals surface area contributed by atoms with E-state index in [9.17, 15) is 13.6 Å². The van der Waals surface area contributed by atoms with Crippen LogP contribution in [-0.4, -0.2) is 35.0 Å². The van der Waals surface area contributed by atoms with E-state index in [0.29, 0.717) is 12.2 Å². The minimum Gasteiger partial charge on any atom is -0.464 e. The molecule has 2 atom stereocenters. The summed E-state index contributed by atoms with van der Waals surface area (Å²) in [5.74, 6) is -2.84. The Morgan fingerprint density at radius 2 is 2.28 bits per heavy atom. The van der Waals surface area contributed by atoms with E-state index in [4.69, 9.17) is 0 Å². The molecule has 1 heterocycles. The maximum atomic E-state index is 13.0. The number of rotatable bonds is 3. The van der Waals surface area contributed by atoms with Gasteiger partial charge in [0.05, 0.1) is 24.9 Å². The van der Waals surface area contributed by atoms with Crippen molar-refractivity contribution >= 4 is 11.8 Å². The fourth-order valence-corrected chi connectivity index (χ4v) is 2.26. The summed E-state index contributed by atoms with van der Waals surface area (Å²) in [5.41, 5.74) is -0.824. The Morgan fingerprint density at radius 1 is 1.56 bits per heavy atom. The van der Waals surface area contributed by atoms with Crippen LogP contribution in [0.3, 0.4) is 0 Å². The van der Waals surface area contributed by atoms with Gasteiger partial charge in [0.15, 0.2) is 5.69 Å². The number of methoxy groups -OCH3 is 1. The highest BCUT2D eigenvalue weighted by Gasteiger charge is 2.83. The first-order valence-corrected chi connectivity index (χ1v) is 5.53. The molecule has 0 bridgehead atoms. The van der Waals surface area contributed by atoms with E-state index in [1.54, 1.807) is 0 Å². The number of hydrogen-bond donors (Lipinski definition) is 1. The highest BCUT2D eigenvalue weighted by atomic mass is 19.3. The Balaban J connectivity index is 1.70. The average Bonchev–Trinajstić information content (AvgIpc) is 3.16. The van der Waals surface area contributed by atoms with Crippen molar-refractivity contribution in [2.24, 2.45) is 5.41 Å². The normalized spacial score (nSPS) is 30.9. The molecule has 2 fully saturated rings. The summed E-state index contributed by atoms with van der Waals surface area (Å²) < 4.78 is 30.6. The summed E-state index contributed by atoms with van der Waals surface area (Å²) in [7, 11) is 1.24. The number of hydrogen-bond acceptors (Lipinski definition) is 5. The van der Waals surface area contributed by atoms with Crippen LogP contribution < -0.4 is 5.32 Å². The van der Waals surface area contributed by atoms with E-state index in [1.807, 2.05) is 0 Å². The lowest BCUT2D eigenvalue weighted by atomic mass is 10.4. The third-order valence-electron chi connectivity index (χ3n) is 3.57. The second-order valence-corrected chi connectivity index (χ2v) is 4.72. The quantitative estimate of drug-likeness (QED) is 0.829. The van der Waals surface area contributed by atoms with Crippen LogP contribution in [0.4, 0.5) is 14.6 Å². The van der Waals surface area contributed by atoms with Gasteiger partial charge in [-0.2, -0.15) is 0 Å². The maximum absolute atomic E-state index is 13.0. The van der Waals surface area contributed by atoms with Crippen molar-refractivity contribution in [3.8, 4) is 0 Å². The fraction of sp³-hybridized carbons (Fsp3) is 0.545. The average molecular weight is 255 g/mol. The smallest absolute Gasteiger partial charge is 0.358 e. The molecule has 1 aromatic heterocycles. The van der Waals surface area contributed by atoms with Crippen LogP contribution >= 0.6 is 0 Å². The van der Waals surface area contributed by atoms with Gasteiger partial charge in [-0.25, -0.2) is 18.6 Å². The molecule has 1 spiro atoms. The van der Waals surface area contributed by atoms with Gasteiger partial charge in [-0.3, -0.25) is 4.98 Å². The molecule has 0 radical (unpaired) electrons. The zero-order chi connectivity index (χ0) is 13.0. The maximum Gasteiger partial charge on any atom is 0.358 e. The molecule has 2 saturated carbocycles. The molecule has 96 valence electrons. The largest absolute Gasteiger partial charge is 0.464 e. The predicted molar refractivity (Wildman–Crippen MR) is 57.4 cm³/mol. The summed E-state index contributed by atoms with van der Waals surface area (Å²) in [6.07, 6.45) is 3.04. The molecule has 0 aliphatic heterocycles. The highest BCUT2D eigenvalue weighted by molar-refractivity contribution is 5.87. The van der Waals surface area contributed by atoms with E-state index >= 15 is 0 Å². The van der Waals surface area contributed by atoms with Crippen molar-refractivity contribution in [1.29, 1.82) is 0 Å².